The number of aliphatic hydroxyl groups excluding tert-OH is 10. The minimum absolute atomic E-state index is 0.0132. The van der Waals surface area contributed by atoms with Crippen LogP contribution in [0.1, 0.15) is 130 Å². The third kappa shape index (κ3) is 30.4. The van der Waals surface area contributed by atoms with E-state index < -0.39 is 156 Å². The van der Waals surface area contributed by atoms with E-state index in [4.69, 9.17) is 32.9 Å². The molecule has 0 bridgehead atoms. The molecule has 91 heavy (non-hydrogen) atoms. The van der Waals surface area contributed by atoms with E-state index in [9.17, 15) is 94.1 Å². The average molecular weight is 1330 g/mol. The van der Waals surface area contributed by atoms with Crippen molar-refractivity contribution >= 4 is 48.9 Å². The predicted octanol–water partition coefficient (Wildman–Crippen LogP) is -4.42. The van der Waals surface area contributed by atoms with Crippen LogP contribution in [0, 0.1) is 0 Å². The van der Waals surface area contributed by atoms with Crippen molar-refractivity contribution in [2.75, 3.05) is 92.2 Å². The van der Waals surface area contributed by atoms with Crippen LogP contribution in [0.5, 0.6) is 0 Å². The van der Waals surface area contributed by atoms with Crippen LogP contribution < -0.4 is 26.6 Å². The van der Waals surface area contributed by atoms with E-state index in [0.717, 1.165) is 6.66 Å². The van der Waals surface area contributed by atoms with Crippen molar-refractivity contribution in [2.45, 2.75) is 228 Å². The molecule has 0 aromatic carbocycles. The van der Waals surface area contributed by atoms with Crippen LogP contribution in [0.2, 0.25) is 0 Å². The second-order valence-electron chi connectivity index (χ2n) is 23.1. The molecule has 3 heterocycles. The van der Waals surface area contributed by atoms with Crippen LogP contribution in [-0.2, 0) is 71.1 Å². The number of amides is 7. The number of hydrogen-bond donors (Lipinski definition) is 16. The molecule has 34 heteroatoms. The Hall–Kier alpha value is -4.20. The third-order valence-corrected chi connectivity index (χ3v) is 16.0. The highest BCUT2D eigenvalue weighted by atomic mass is 31.2. The van der Waals surface area contributed by atoms with Crippen molar-refractivity contribution in [1.82, 2.24) is 36.4 Å². The molecular weight excluding hydrogens is 1230 g/mol. The Morgan fingerprint density at radius 3 is 1.14 bits per heavy atom. The van der Waals surface area contributed by atoms with Gasteiger partial charge in [-0.25, -0.2) is 0 Å². The van der Waals surface area contributed by atoms with E-state index in [1.165, 1.54) is 30.6 Å². The summed E-state index contributed by atoms with van der Waals surface area (Å²) in [6.45, 7) is 2.79. The van der Waals surface area contributed by atoms with Gasteiger partial charge in [-0.05, 0) is 51.4 Å². The third-order valence-electron chi connectivity index (χ3n) is 15.4. The summed E-state index contributed by atoms with van der Waals surface area (Å²) in [5.41, 5.74) is 0. The van der Waals surface area contributed by atoms with Crippen molar-refractivity contribution < 1.29 is 127 Å². The first-order valence-electron chi connectivity index (χ1n) is 31.5. The molecule has 0 aliphatic carbocycles. The molecule has 0 aromatic rings. The van der Waals surface area contributed by atoms with Gasteiger partial charge in [-0.1, -0.05) is 38.5 Å². The van der Waals surface area contributed by atoms with Crippen molar-refractivity contribution in [3.8, 4) is 0 Å². The van der Waals surface area contributed by atoms with Crippen LogP contribution in [0.25, 0.3) is 0 Å². The van der Waals surface area contributed by atoms with Crippen LogP contribution >= 0.6 is 7.60 Å². The fraction of sp³-hybridized carbons (Fsp3) is 0.877. The largest absolute Gasteiger partial charge is 0.394 e. The molecule has 0 radical (unpaired) electrons. The summed E-state index contributed by atoms with van der Waals surface area (Å²) in [6.07, 6.45) is -9.62. The Labute approximate surface area is 531 Å². The maximum Gasteiger partial charge on any atom is 0.325 e. The van der Waals surface area contributed by atoms with Gasteiger partial charge in [0, 0.05) is 106 Å². The summed E-state index contributed by atoms with van der Waals surface area (Å²) < 4.78 is 50.8. The lowest BCUT2D eigenvalue weighted by Gasteiger charge is -2.42. The molecule has 33 nitrogen and oxygen atoms in total. The molecule has 16 N–H and O–H groups in total. The van der Waals surface area contributed by atoms with Crippen LogP contribution in [0.3, 0.4) is 0 Å². The standard InChI is InChI=1S/C57H104N7O26P/c1-35(68)60-45-51(78)48(75)39(31-65)88-55(45)84-28-14-8-5-11-19-42(72)58-22-17-24-63(44(74)21-13-7-10-16-30-86-57-47(62-37(3)70)53(80)50(77)41(33-67)90-57)26-27-64(54(81)38(71)34-87-91(4,82)83)25-18-23-59-43(73)20-12-6-9-15-29-85-56-46(61-36(2)69)52(79)49(76)40(32-66)89-56/h38-41,45-53,55-57,65-67,71,75-80H,5-34H2,1-4H3,(H,58,72)(H,59,73)(H,60,68)(H,61,69)(H,62,70)(H,82,83)/t38?,39?,40?,41?,45?,46?,47?,48-,49-,50-,51+,52+,53+,55+,56+,57+/m0/s1. The highest BCUT2D eigenvalue weighted by molar-refractivity contribution is 7.51. The van der Waals surface area contributed by atoms with E-state index in [-0.39, 0.29) is 102 Å². The van der Waals surface area contributed by atoms with Crippen molar-refractivity contribution in [3.63, 3.8) is 0 Å². The molecule has 0 saturated carbocycles. The van der Waals surface area contributed by atoms with Crippen LogP contribution in [-0.4, -0.2) is 297 Å². The highest BCUT2D eigenvalue weighted by Gasteiger charge is 2.48. The van der Waals surface area contributed by atoms with Gasteiger partial charge in [-0.2, -0.15) is 0 Å². The van der Waals surface area contributed by atoms with E-state index in [2.05, 4.69) is 26.6 Å². The summed E-state index contributed by atoms with van der Waals surface area (Å²) in [5, 5.41) is 115. The van der Waals surface area contributed by atoms with Crippen molar-refractivity contribution in [1.29, 1.82) is 0 Å². The molecule has 0 spiro atoms. The number of nitrogens with one attached hydrogen (secondary N) is 5. The fourth-order valence-electron chi connectivity index (χ4n) is 10.4. The predicted molar refractivity (Wildman–Crippen MR) is 319 cm³/mol. The SMILES string of the molecule is CC(=O)NC1[C@H](OCCCCCCC(=O)NCCCN(CCN(CCCNC(=O)CCCCCCO[C@@H]2OC(CO)[C@H](O)[C@H](O)C2NC(C)=O)C(=O)C(O)COP(C)(=O)O)C(=O)CCCCCCO[C@@H]2OC(CO)[C@H](O)[C@H](O)C2NC(C)=O)OC(CO)[C@H](O)[C@@H]1O. The molecule has 528 valence electrons. The summed E-state index contributed by atoms with van der Waals surface area (Å²) in [5.74, 6) is -3.08. The van der Waals surface area contributed by atoms with Gasteiger partial charge >= 0.3 is 7.60 Å². The zero-order chi connectivity index (χ0) is 67.6. The normalized spacial score (nSPS) is 27.6. The summed E-state index contributed by atoms with van der Waals surface area (Å²) in [7, 11) is -4.10. The second kappa shape index (κ2) is 43.7. The molecule has 3 aliphatic heterocycles. The van der Waals surface area contributed by atoms with Gasteiger partial charge in [0.2, 0.25) is 35.4 Å². The maximum atomic E-state index is 13.9. The topological polar surface area (TPSA) is 490 Å². The zero-order valence-electron chi connectivity index (χ0n) is 52.8. The Balaban J connectivity index is 1.55. The smallest absolute Gasteiger partial charge is 0.325 e. The van der Waals surface area contributed by atoms with E-state index in [1.54, 1.807) is 0 Å². The van der Waals surface area contributed by atoms with E-state index in [1.807, 2.05) is 0 Å². The van der Waals surface area contributed by atoms with E-state index >= 15 is 0 Å². The molecule has 8 unspecified atom stereocenters. The number of carbonyl (C=O) groups is 7. The van der Waals surface area contributed by atoms with Gasteiger partial charge in [0.1, 0.15) is 73.1 Å². The van der Waals surface area contributed by atoms with Gasteiger partial charge in [0.05, 0.1) is 26.4 Å². The lowest BCUT2D eigenvalue weighted by molar-refractivity contribution is -0.270. The van der Waals surface area contributed by atoms with Crippen molar-refractivity contribution in [2.24, 2.45) is 0 Å². The first-order valence-corrected chi connectivity index (χ1v) is 33.5. The lowest BCUT2D eigenvalue weighted by atomic mass is 9.97. The Bertz CT molecular complexity index is 2210. The molecule has 3 rings (SSSR count). The number of ether oxygens (including phenoxy) is 6. The monoisotopic (exact) mass is 1330 g/mol. The highest BCUT2D eigenvalue weighted by Crippen LogP contribution is 2.36. The number of rotatable bonds is 45. The maximum absolute atomic E-state index is 13.9. The minimum atomic E-state index is -4.10. The fourth-order valence-corrected chi connectivity index (χ4v) is 10.8. The van der Waals surface area contributed by atoms with E-state index in [0.29, 0.717) is 83.5 Å². The minimum Gasteiger partial charge on any atom is -0.394 e. The summed E-state index contributed by atoms with van der Waals surface area (Å²) in [6, 6.07) is -3.24. The second-order valence-corrected chi connectivity index (χ2v) is 25.0. The van der Waals surface area contributed by atoms with Crippen LogP contribution in [0.15, 0.2) is 0 Å². The lowest BCUT2D eigenvalue weighted by Crippen LogP contribution is -2.64. The molecule has 3 saturated heterocycles. The van der Waals surface area contributed by atoms with Gasteiger partial charge in [-0.15, -0.1) is 0 Å². The Morgan fingerprint density at radius 1 is 0.473 bits per heavy atom. The molecule has 3 fully saturated rings. The molecule has 0 aromatic heterocycles. The molecule has 7 amide bonds. The number of nitrogens with zero attached hydrogens (tertiary/aromatic N) is 2. The zero-order valence-corrected chi connectivity index (χ0v) is 53.7. The van der Waals surface area contributed by atoms with Crippen LogP contribution in [0.4, 0.5) is 0 Å². The summed E-state index contributed by atoms with van der Waals surface area (Å²) in [4.78, 5) is 101. The number of aliphatic hydroxyl groups is 10. The van der Waals surface area contributed by atoms with Gasteiger partial charge in [-0.3, -0.25) is 38.1 Å². The summed E-state index contributed by atoms with van der Waals surface area (Å²) >= 11 is 0. The first kappa shape index (κ1) is 81.0. The quantitative estimate of drug-likeness (QED) is 0.0202. The number of hydrogen-bond acceptors (Lipinski definition) is 25. The number of unbranched alkanes of at least 4 members (excludes halogenated alkanes) is 9. The average Bonchev–Trinajstić information content (AvgIpc) is 2.43. The first-order chi connectivity index (χ1) is 43.2. The number of carbonyl (C=O) groups excluding carboxylic acids is 7. The molecule has 3 aliphatic rings. The Kier molecular flexibility index (Phi) is 38.9. The van der Waals surface area contributed by atoms with Crippen molar-refractivity contribution in [3.05, 3.63) is 0 Å². The molecule has 17 atom stereocenters. The van der Waals surface area contributed by atoms with Gasteiger partial charge in [0.25, 0.3) is 5.91 Å². The Morgan fingerprint density at radius 2 is 0.802 bits per heavy atom. The van der Waals surface area contributed by atoms with Gasteiger partial charge < -0.3 is 125 Å². The van der Waals surface area contributed by atoms with Gasteiger partial charge in [0.15, 0.2) is 25.0 Å². The molecular formula is C57H104N7O26P.